The van der Waals surface area contributed by atoms with Gasteiger partial charge in [-0.05, 0) is 86.5 Å². The molecule has 2 saturated heterocycles. The Hall–Kier alpha value is -0.970. The second-order valence-corrected chi connectivity index (χ2v) is 13.1. The van der Waals surface area contributed by atoms with Crippen LogP contribution in [0.1, 0.15) is 97.0 Å². The predicted molar refractivity (Wildman–Crippen MR) is 156 cm³/mol. The van der Waals surface area contributed by atoms with Crippen LogP contribution in [0, 0.1) is 11.3 Å². The van der Waals surface area contributed by atoms with E-state index >= 15 is 0 Å². The zero-order valence-electron chi connectivity index (χ0n) is 23.5. The lowest BCUT2D eigenvalue weighted by Crippen LogP contribution is -2.55. The van der Waals surface area contributed by atoms with Gasteiger partial charge in [0.2, 0.25) is 0 Å². The topological polar surface area (TPSA) is 19.0 Å². The van der Waals surface area contributed by atoms with Crippen LogP contribution < -0.4 is 9.80 Å². The summed E-state index contributed by atoms with van der Waals surface area (Å²) in [7, 11) is 0. The summed E-state index contributed by atoms with van der Waals surface area (Å²) in [5.41, 5.74) is 5.03. The van der Waals surface area contributed by atoms with E-state index in [9.17, 15) is 0 Å². The molecule has 0 spiro atoms. The molecule has 0 radical (unpaired) electrons. The van der Waals surface area contributed by atoms with Gasteiger partial charge in [-0.15, -0.1) is 12.4 Å². The number of ether oxygens (including phenoxy) is 1. The van der Waals surface area contributed by atoms with Gasteiger partial charge < -0.3 is 14.5 Å². The molecule has 2 heterocycles. The SMILES string of the molecule is CC1CN(C2CCCCC2)CCN1c1ccc(N2CCOCC2)cc1C1CCC(C(C)(C)C)CC1.Cl. The Kier molecular flexibility index (Phi) is 9.55. The second-order valence-electron chi connectivity index (χ2n) is 13.1. The second kappa shape index (κ2) is 12.3. The molecule has 4 nitrogen and oxygen atoms in total. The molecule has 36 heavy (non-hydrogen) atoms. The van der Waals surface area contributed by atoms with E-state index < -0.39 is 0 Å². The lowest BCUT2D eigenvalue weighted by Gasteiger charge is -2.46. The molecule has 1 unspecified atom stereocenters. The molecule has 5 heteroatoms. The molecule has 4 aliphatic rings. The van der Waals surface area contributed by atoms with Crippen LogP contribution in [0.25, 0.3) is 0 Å². The maximum absolute atomic E-state index is 5.65. The minimum Gasteiger partial charge on any atom is -0.378 e. The van der Waals surface area contributed by atoms with Gasteiger partial charge >= 0.3 is 0 Å². The summed E-state index contributed by atoms with van der Waals surface area (Å²) in [5, 5.41) is 0. The number of anilines is 2. The first kappa shape index (κ1) is 28.0. The van der Waals surface area contributed by atoms with Crippen LogP contribution in [0.4, 0.5) is 11.4 Å². The van der Waals surface area contributed by atoms with Crippen molar-refractivity contribution in [3.63, 3.8) is 0 Å². The molecule has 2 aliphatic carbocycles. The fraction of sp³-hybridized carbons (Fsp3) is 0.806. The molecule has 0 aromatic heterocycles. The number of hydrogen-bond acceptors (Lipinski definition) is 4. The van der Waals surface area contributed by atoms with E-state index in [1.807, 2.05) is 0 Å². The van der Waals surface area contributed by atoms with Crippen LogP contribution in [0.15, 0.2) is 18.2 Å². The van der Waals surface area contributed by atoms with Gasteiger partial charge in [0.25, 0.3) is 0 Å². The molecule has 1 aromatic carbocycles. The first-order valence-corrected chi connectivity index (χ1v) is 14.9. The summed E-state index contributed by atoms with van der Waals surface area (Å²) in [6.45, 7) is 17.2. The minimum atomic E-state index is 0. The Balaban J connectivity index is 0.00000304. The van der Waals surface area contributed by atoms with Crippen molar-refractivity contribution < 1.29 is 4.74 Å². The Morgan fingerprint density at radius 1 is 0.833 bits per heavy atom. The van der Waals surface area contributed by atoms with E-state index in [1.54, 1.807) is 5.56 Å². The van der Waals surface area contributed by atoms with Gasteiger partial charge in [-0.3, -0.25) is 4.90 Å². The average Bonchev–Trinajstić information content (AvgIpc) is 2.89. The lowest BCUT2D eigenvalue weighted by molar-refractivity contribution is 0.122. The first-order valence-electron chi connectivity index (χ1n) is 14.9. The van der Waals surface area contributed by atoms with Crippen LogP contribution in [-0.2, 0) is 4.74 Å². The van der Waals surface area contributed by atoms with Crippen molar-refractivity contribution in [2.24, 2.45) is 11.3 Å². The molecule has 0 amide bonds. The predicted octanol–water partition coefficient (Wildman–Crippen LogP) is 7.11. The molecule has 5 rings (SSSR count). The molecule has 2 aliphatic heterocycles. The van der Waals surface area contributed by atoms with E-state index in [4.69, 9.17) is 4.74 Å². The molecule has 1 atom stereocenters. The number of morpholine rings is 1. The molecule has 4 fully saturated rings. The van der Waals surface area contributed by atoms with Gasteiger partial charge in [0.15, 0.2) is 0 Å². The normalized spacial score (nSPS) is 29.2. The number of piperazine rings is 1. The third kappa shape index (κ3) is 6.35. The highest BCUT2D eigenvalue weighted by molar-refractivity contribution is 5.85. The van der Waals surface area contributed by atoms with Gasteiger partial charge in [0.1, 0.15) is 0 Å². The Morgan fingerprint density at radius 2 is 1.53 bits per heavy atom. The largest absolute Gasteiger partial charge is 0.378 e. The van der Waals surface area contributed by atoms with Crippen LogP contribution >= 0.6 is 12.4 Å². The van der Waals surface area contributed by atoms with Crippen molar-refractivity contribution in [3.05, 3.63) is 23.8 Å². The molecule has 204 valence electrons. The van der Waals surface area contributed by atoms with Crippen LogP contribution in [0.3, 0.4) is 0 Å². The highest BCUT2D eigenvalue weighted by Gasteiger charge is 2.34. The third-order valence-corrected chi connectivity index (χ3v) is 9.84. The number of rotatable bonds is 4. The highest BCUT2D eigenvalue weighted by Crippen LogP contribution is 2.46. The Labute approximate surface area is 227 Å². The number of hydrogen-bond donors (Lipinski definition) is 0. The van der Waals surface area contributed by atoms with Crippen molar-refractivity contribution in [2.75, 3.05) is 55.7 Å². The van der Waals surface area contributed by atoms with E-state index in [0.717, 1.165) is 38.3 Å². The lowest BCUT2D eigenvalue weighted by atomic mass is 9.68. The quantitative estimate of drug-likeness (QED) is 0.423. The summed E-state index contributed by atoms with van der Waals surface area (Å²) in [6, 6.07) is 8.91. The van der Waals surface area contributed by atoms with Crippen molar-refractivity contribution in [2.45, 2.75) is 103 Å². The highest BCUT2D eigenvalue weighted by atomic mass is 35.5. The van der Waals surface area contributed by atoms with Gasteiger partial charge in [-0.1, -0.05) is 40.0 Å². The number of nitrogens with zero attached hydrogens (tertiary/aromatic N) is 3. The van der Waals surface area contributed by atoms with E-state index in [2.05, 4.69) is 60.6 Å². The minimum absolute atomic E-state index is 0. The third-order valence-electron chi connectivity index (χ3n) is 9.84. The zero-order valence-corrected chi connectivity index (χ0v) is 24.3. The molecule has 0 N–H and O–H groups in total. The van der Waals surface area contributed by atoms with Gasteiger partial charge in [-0.25, -0.2) is 0 Å². The molecular formula is C31H52ClN3O. The maximum Gasteiger partial charge on any atom is 0.0642 e. The van der Waals surface area contributed by atoms with Crippen molar-refractivity contribution in [1.29, 1.82) is 0 Å². The fourth-order valence-corrected chi connectivity index (χ4v) is 7.54. The van der Waals surface area contributed by atoms with E-state index in [1.165, 1.54) is 88.8 Å². The smallest absolute Gasteiger partial charge is 0.0642 e. The van der Waals surface area contributed by atoms with Crippen molar-refractivity contribution >= 4 is 23.8 Å². The zero-order chi connectivity index (χ0) is 24.4. The monoisotopic (exact) mass is 517 g/mol. The van der Waals surface area contributed by atoms with Crippen LogP contribution in [0.5, 0.6) is 0 Å². The fourth-order valence-electron chi connectivity index (χ4n) is 7.54. The van der Waals surface area contributed by atoms with Gasteiger partial charge in [0, 0.05) is 56.2 Å². The number of benzene rings is 1. The maximum atomic E-state index is 5.65. The summed E-state index contributed by atoms with van der Waals surface area (Å²) >= 11 is 0. The first-order chi connectivity index (χ1) is 16.9. The Morgan fingerprint density at radius 3 is 2.17 bits per heavy atom. The molecular weight excluding hydrogens is 466 g/mol. The van der Waals surface area contributed by atoms with Crippen LogP contribution in [-0.4, -0.2) is 62.9 Å². The van der Waals surface area contributed by atoms with Gasteiger partial charge in [0.05, 0.1) is 13.2 Å². The molecule has 0 bridgehead atoms. The number of halogens is 1. The molecule has 1 aromatic rings. The van der Waals surface area contributed by atoms with Crippen molar-refractivity contribution in [1.82, 2.24) is 4.90 Å². The molecule has 2 saturated carbocycles. The summed E-state index contributed by atoms with van der Waals surface area (Å²) in [6.07, 6.45) is 12.6. The average molecular weight is 518 g/mol. The standard InChI is InChI=1S/C31H51N3O.ClH/c1-24-23-33(27-8-6-5-7-9-27)16-17-34(24)30-15-14-28(32-18-20-35-21-19-32)22-29(30)25-10-12-26(13-11-25)31(2,3)4;/h14-15,22,24-27H,5-13,16-21,23H2,1-4H3;1H. The van der Waals surface area contributed by atoms with Crippen LogP contribution in [0.2, 0.25) is 0 Å². The summed E-state index contributed by atoms with van der Waals surface area (Å²) in [5.74, 6) is 1.57. The van der Waals surface area contributed by atoms with E-state index in [0.29, 0.717) is 17.4 Å². The summed E-state index contributed by atoms with van der Waals surface area (Å²) < 4.78 is 5.65. The van der Waals surface area contributed by atoms with E-state index in [-0.39, 0.29) is 12.4 Å². The van der Waals surface area contributed by atoms with Gasteiger partial charge in [-0.2, -0.15) is 0 Å². The van der Waals surface area contributed by atoms with Crippen molar-refractivity contribution in [3.8, 4) is 0 Å². The Bertz CT molecular complexity index is 820. The summed E-state index contributed by atoms with van der Waals surface area (Å²) in [4.78, 5) is 8.15.